The van der Waals surface area contributed by atoms with E-state index in [4.69, 9.17) is 0 Å². The molecule has 1 fully saturated rings. The van der Waals surface area contributed by atoms with Crippen molar-refractivity contribution in [1.29, 1.82) is 0 Å². The zero-order valence-corrected chi connectivity index (χ0v) is 13.7. The maximum atomic E-state index is 12.9. The number of rotatable bonds is 3. The fraction of sp³-hybridized carbons (Fsp3) is 0.167. The number of anilines is 1. The summed E-state index contributed by atoms with van der Waals surface area (Å²) in [6.07, 6.45) is 3.49. The van der Waals surface area contributed by atoms with E-state index in [1.54, 1.807) is 17.3 Å². The maximum absolute atomic E-state index is 12.9. The van der Waals surface area contributed by atoms with Crippen LogP contribution in [0.4, 0.5) is 5.13 Å². The van der Waals surface area contributed by atoms with Crippen molar-refractivity contribution in [3.63, 3.8) is 0 Å². The molecule has 1 amide bonds. The van der Waals surface area contributed by atoms with Crippen molar-refractivity contribution in [1.82, 2.24) is 15.3 Å². The summed E-state index contributed by atoms with van der Waals surface area (Å²) in [6, 6.07) is 13.3. The van der Waals surface area contributed by atoms with Gasteiger partial charge in [0.1, 0.15) is 6.04 Å². The summed E-state index contributed by atoms with van der Waals surface area (Å²) in [5.41, 5.74) is 2.87. The zero-order valence-electron chi connectivity index (χ0n) is 12.9. The number of carbonyl (C=O) groups is 1. The normalized spacial score (nSPS) is 17.9. The number of hydrogen-bond acceptors (Lipinski definition) is 5. The van der Waals surface area contributed by atoms with Crippen LogP contribution < -0.4 is 10.2 Å². The smallest absolute Gasteiger partial charge is 0.250 e. The monoisotopic (exact) mass is 336 g/mol. The number of nitrogens with one attached hydrogen (secondary N) is 1. The molecule has 1 saturated heterocycles. The van der Waals surface area contributed by atoms with Crippen LogP contribution in [-0.4, -0.2) is 29.0 Å². The van der Waals surface area contributed by atoms with Gasteiger partial charge >= 0.3 is 0 Å². The number of amides is 1. The van der Waals surface area contributed by atoms with Crippen molar-refractivity contribution in [2.24, 2.45) is 0 Å². The van der Waals surface area contributed by atoms with Gasteiger partial charge in [-0.15, -0.1) is 11.3 Å². The quantitative estimate of drug-likeness (QED) is 0.799. The Balaban J connectivity index is 1.60. The van der Waals surface area contributed by atoms with E-state index >= 15 is 0 Å². The number of nitrogens with zero attached hydrogens (tertiary/aromatic N) is 3. The summed E-state index contributed by atoms with van der Waals surface area (Å²) in [5.74, 6) is 0.0445. The van der Waals surface area contributed by atoms with Crippen LogP contribution in [0.25, 0.3) is 11.3 Å². The minimum absolute atomic E-state index is 0.0445. The Kier molecular flexibility index (Phi) is 4.06. The topological polar surface area (TPSA) is 58.1 Å². The summed E-state index contributed by atoms with van der Waals surface area (Å²) < 4.78 is 0. The lowest BCUT2D eigenvalue weighted by Crippen LogP contribution is -2.50. The third-order valence-electron chi connectivity index (χ3n) is 4.03. The molecule has 0 saturated carbocycles. The lowest BCUT2D eigenvalue weighted by molar-refractivity contribution is -0.121. The third-order valence-corrected chi connectivity index (χ3v) is 4.89. The van der Waals surface area contributed by atoms with Crippen LogP contribution in [0.1, 0.15) is 11.6 Å². The number of carbonyl (C=O) groups excluding carboxylic acids is 1. The molecule has 120 valence electrons. The van der Waals surface area contributed by atoms with Gasteiger partial charge in [-0.25, -0.2) is 4.98 Å². The zero-order chi connectivity index (χ0) is 16.4. The lowest BCUT2D eigenvalue weighted by atomic mass is 10.0. The maximum Gasteiger partial charge on any atom is 0.250 e. The highest BCUT2D eigenvalue weighted by Gasteiger charge is 2.31. The van der Waals surface area contributed by atoms with Crippen LogP contribution in [0.15, 0.2) is 60.2 Å². The predicted octanol–water partition coefficient (Wildman–Crippen LogP) is 2.88. The molecule has 1 unspecified atom stereocenters. The molecule has 0 spiro atoms. The molecule has 1 N–H and O–H groups in total. The summed E-state index contributed by atoms with van der Waals surface area (Å²) in [7, 11) is 0. The fourth-order valence-corrected chi connectivity index (χ4v) is 3.68. The summed E-state index contributed by atoms with van der Waals surface area (Å²) >= 11 is 1.50. The molecule has 0 radical (unpaired) electrons. The van der Waals surface area contributed by atoms with Gasteiger partial charge in [-0.1, -0.05) is 30.3 Å². The SMILES string of the molecule is O=C1C(c2ccccc2)NCCN1c1nc(-c2ccncc2)cs1. The van der Waals surface area contributed by atoms with Crippen LogP contribution in [0.2, 0.25) is 0 Å². The van der Waals surface area contributed by atoms with E-state index in [9.17, 15) is 4.79 Å². The molecule has 1 aromatic carbocycles. The average molecular weight is 336 g/mol. The van der Waals surface area contributed by atoms with Gasteiger partial charge in [-0.2, -0.15) is 0 Å². The molecule has 6 heteroatoms. The number of aromatic nitrogens is 2. The van der Waals surface area contributed by atoms with Gasteiger partial charge in [0.2, 0.25) is 0 Å². The summed E-state index contributed by atoms with van der Waals surface area (Å²) in [4.78, 5) is 23.4. The van der Waals surface area contributed by atoms with E-state index in [0.29, 0.717) is 6.54 Å². The first-order chi connectivity index (χ1) is 11.8. The van der Waals surface area contributed by atoms with E-state index in [1.807, 2.05) is 47.8 Å². The van der Waals surface area contributed by atoms with Crippen molar-refractivity contribution in [2.75, 3.05) is 18.0 Å². The Bertz CT molecular complexity index is 834. The molecule has 1 atom stereocenters. The first-order valence-electron chi connectivity index (χ1n) is 7.78. The Labute approximate surface area is 144 Å². The van der Waals surface area contributed by atoms with Crippen LogP contribution in [-0.2, 0) is 4.79 Å². The van der Waals surface area contributed by atoms with Crippen LogP contribution in [0.5, 0.6) is 0 Å². The van der Waals surface area contributed by atoms with Crippen molar-refractivity contribution < 1.29 is 4.79 Å². The second-order valence-corrected chi connectivity index (χ2v) is 6.38. The van der Waals surface area contributed by atoms with E-state index in [2.05, 4.69) is 15.3 Å². The van der Waals surface area contributed by atoms with Gasteiger partial charge in [0, 0.05) is 36.4 Å². The van der Waals surface area contributed by atoms with Crippen molar-refractivity contribution in [2.45, 2.75) is 6.04 Å². The molecular weight excluding hydrogens is 320 g/mol. The Hall–Kier alpha value is -2.57. The molecule has 3 heterocycles. The second-order valence-electron chi connectivity index (χ2n) is 5.54. The molecule has 0 aliphatic carbocycles. The third kappa shape index (κ3) is 2.81. The Morgan fingerprint density at radius 1 is 1.12 bits per heavy atom. The van der Waals surface area contributed by atoms with Gasteiger partial charge in [-0.3, -0.25) is 14.7 Å². The minimum atomic E-state index is -0.312. The molecule has 4 rings (SSSR count). The van der Waals surface area contributed by atoms with E-state index < -0.39 is 0 Å². The second kappa shape index (κ2) is 6.51. The number of hydrogen-bond donors (Lipinski definition) is 1. The van der Waals surface area contributed by atoms with E-state index in [1.165, 1.54) is 11.3 Å². The lowest BCUT2D eigenvalue weighted by Gasteiger charge is -2.31. The number of benzene rings is 1. The number of thiazole rings is 1. The number of pyridine rings is 1. The van der Waals surface area contributed by atoms with Crippen molar-refractivity contribution in [3.8, 4) is 11.3 Å². The molecule has 5 nitrogen and oxygen atoms in total. The van der Waals surface area contributed by atoms with Crippen LogP contribution >= 0.6 is 11.3 Å². The Morgan fingerprint density at radius 3 is 2.71 bits per heavy atom. The van der Waals surface area contributed by atoms with Crippen molar-refractivity contribution >= 4 is 22.4 Å². The molecule has 24 heavy (non-hydrogen) atoms. The largest absolute Gasteiger partial charge is 0.300 e. The fourth-order valence-electron chi connectivity index (χ4n) is 2.81. The standard InChI is InChI=1S/C18H16N4OS/c23-17-16(14-4-2-1-3-5-14)20-10-11-22(17)18-21-15(12-24-18)13-6-8-19-9-7-13/h1-9,12,16,20H,10-11H2. The van der Waals surface area contributed by atoms with E-state index in [0.717, 1.165) is 28.5 Å². The van der Waals surface area contributed by atoms with Crippen LogP contribution in [0.3, 0.4) is 0 Å². The molecule has 0 bridgehead atoms. The average Bonchev–Trinajstić information content (AvgIpc) is 3.13. The molecule has 1 aliphatic rings. The molecule has 3 aromatic rings. The predicted molar refractivity (Wildman–Crippen MR) is 94.9 cm³/mol. The minimum Gasteiger partial charge on any atom is -0.300 e. The van der Waals surface area contributed by atoms with Gasteiger partial charge < -0.3 is 5.32 Å². The molecule has 2 aromatic heterocycles. The highest BCUT2D eigenvalue weighted by atomic mass is 32.1. The molecule has 1 aliphatic heterocycles. The first-order valence-corrected chi connectivity index (χ1v) is 8.66. The van der Waals surface area contributed by atoms with Gasteiger partial charge in [0.15, 0.2) is 5.13 Å². The van der Waals surface area contributed by atoms with Gasteiger partial charge in [-0.05, 0) is 17.7 Å². The highest BCUT2D eigenvalue weighted by Crippen LogP contribution is 2.30. The number of piperazine rings is 1. The molecular formula is C18H16N4OS. The van der Waals surface area contributed by atoms with Gasteiger partial charge in [0.05, 0.1) is 5.69 Å². The van der Waals surface area contributed by atoms with Crippen molar-refractivity contribution in [3.05, 3.63) is 65.8 Å². The van der Waals surface area contributed by atoms with Gasteiger partial charge in [0.25, 0.3) is 5.91 Å². The summed E-state index contributed by atoms with van der Waals surface area (Å²) in [6.45, 7) is 1.38. The van der Waals surface area contributed by atoms with Crippen LogP contribution in [0, 0.1) is 0 Å². The Morgan fingerprint density at radius 2 is 1.92 bits per heavy atom. The summed E-state index contributed by atoms with van der Waals surface area (Å²) in [5, 5.41) is 6.03. The van der Waals surface area contributed by atoms with E-state index in [-0.39, 0.29) is 11.9 Å². The first kappa shape index (κ1) is 15.0. The highest BCUT2D eigenvalue weighted by molar-refractivity contribution is 7.14.